The van der Waals surface area contributed by atoms with Crippen LogP contribution in [0.25, 0.3) is 0 Å². The fourth-order valence-electron chi connectivity index (χ4n) is 2.27. The molecule has 0 saturated heterocycles. The monoisotopic (exact) mass is 318 g/mol. The molecule has 2 aromatic rings. The molecule has 2 aromatic carbocycles. The summed E-state index contributed by atoms with van der Waals surface area (Å²) in [6.07, 6.45) is 0. The average Bonchev–Trinajstić information content (AvgIpc) is 2.42. The van der Waals surface area contributed by atoms with Crippen molar-refractivity contribution in [2.75, 3.05) is 17.7 Å². The number of rotatable bonds is 4. The molecule has 0 heterocycles. The number of nitrogens with one attached hydrogen (secondary N) is 1. The van der Waals surface area contributed by atoms with E-state index in [1.165, 1.54) is 0 Å². The fraction of sp³-hybridized carbons (Fsp3) is 0.235. The fourth-order valence-corrected chi connectivity index (χ4v) is 2.59. The molecule has 0 aliphatic carbocycles. The van der Waals surface area contributed by atoms with Crippen molar-refractivity contribution < 1.29 is 9.53 Å². The highest BCUT2D eigenvalue weighted by Crippen LogP contribution is 2.28. The first kappa shape index (κ1) is 16.2. The van der Waals surface area contributed by atoms with E-state index in [1.54, 1.807) is 12.1 Å². The Labute approximate surface area is 135 Å². The normalized spacial score (nSPS) is 10.4. The van der Waals surface area contributed by atoms with Crippen molar-refractivity contribution in [3.05, 3.63) is 52.0 Å². The van der Waals surface area contributed by atoms with E-state index in [-0.39, 0.29) is 12.5 Å². The molecule has 116 valence electrons. The van der Waals surface area contributed by atoms with Crippen LogP contribution < -0.4 is 15.8 Å². The molecule has 0 aromatic heterocycles. The van der Waals surface area contributed by atoms with Gasteiger partial charge in [0.15, 0.2) is 6.61 Å². The third kappa shape index (κ3) is 3.71. The van der Waals surface area contributed by atoms with Crippen LogP contribution >= 0.6 is 11.6 Å². The molecule has 0 saturated carbocycles. The van der Waals surface area contributed by atoms with Crippen LogP contribution in [0.2, 0.25) is 5.02 Å². The minimum absolute atomic E-state index is 0.0775. The third-order valence-electron chi connectivity index (χ3n) is 3.33. The predicted molar refractivity (Wildman–Crippen MR) is 90.6 cm³/mol. The SMILES string of the molecule is Cc1cc(N)cc(Cl)c1NC(=O)COc1c(C)cccc1C. The Morgan fingerprint density at radius 2 is 1.82 bits per heavy atom. The summed E-state index contributed by atoms with van der Waals surface area (Å²) >= 11 is 6.11. The van der Waals surface area contributed by atoms with Crippen LogP contribution in [-0.2, 0) is 4.79 Å². The van der Waals surface area contributed by atoms with Crippen LogP contribution in [0.3, 0.4) is 0 Å². The summed E-state index contributed by atoms with van der Waals surface area (Å²) in [6.45, 7) is 5.65. The Hall–Kier alpha value is -2.20. The van der Waals surface area contributed by atoms with Crippen molar-refractivity contribution in [1.82, 2.24) is 0 Å². The number of amides is 1. The van der Waals surface area contributed by atoms with Crippen LogP contribution in [0.4, 0.5) is 11.4 Å². The topological polar surface area (TPSA) is 64.3 Å². The van der Waals surface area contributed by atoms with Crippen LogP contribution in [-0.4, -0.2) is 12.5 Å². The molecule has 2 rings (SSSR count). The lowest BCUT2D eigenvalue weighted by Crippen LogP contribution is -2.21. The molecule has 1 amide bonds. The number of nitrogen functional groups attached to an aromatic ring is 1. The molecular weight excluding hydrogens is 300 g/mol. The largest absolute Gasteiger partial charge is 0.483 e. The van der Waals surface area contributed by atoms with Crippen LogP contribution in [0, 0.1) is 20.8 Å². The number of carbonyl (C=O) groups excluding carboxylic acids is 1. The second-order valence-corrected chi connectivity index (χ2v) is 5.66. The van der Waals surface area contributed by atoms with Crippen molar-refractivity contribution in [2.24, 2.45) is 0 Å². The number of carbonyl (C=O) groups is 1. The van der Waals surface area contributed by atoms with Gasteiger partial charge in [0.1, 0.15) is 5.75 Å². The zero-order chi connectivity index (χ0) is 16.3. The second kappa shape index (κ2) is 6.71. The summed E-state index contributed by atoms with van der Waals surface area (Å²) in [7, 11) is 0. The molecule has 5 heteroatoms. The first-order chi connectivity index (χ1) is 10.4. The number of para-hydroxylation sites is 1. The summed E-state index contributed by atoms with van der Waals surface area (Å²) in [5.41, 5.74) is 9.63. The Bertz CT molecular complexity index is 671. The number of anilines is 2. The average molecular weight is 319 g/mol. The number of nitrogens with two attached hydrogens (primary N) is 1. The van der Waals surface area contributed by atoms with E-state index in [2.05, 4.69) is 5.32 Å². The third-order valence-corrected chi connectivity index (χ3v) is 3.63. The smallest absolute Gasteiger partial charge is 0.262 e. The molecule has 0 aliphatic heterocycles. The Morgan fingerprint density at radius 3 is 2.41 bits per heavy atom. The van der Waals surface area contributed by atoms with Gasteiger partial charge in [0.2, 0.25) is 0 Å². The molecule has 22 heavy (non-hydrogen) atoms. The quantitative estimate of drug-likeness (QED) is 0.841. The molecule has 0 radical (unpaired) electrons. The maximum atomic E-state index is 12.1. The second-order valence-electron chi connectivity index (χ2n) is 5.25. The molecule has 0 aliphatic rings. The summed E-state index contributed by atoms with van der Waals surface area (Å²) in [6, 6.07) is 9.21. The Balaban J connectivity index is 2.05. The lowest BCUT2D eigenvalue weighted by molar-refractivity contribution is -0.118. The lowest BCUT2D eigenvalue weighted by Gasteiger charge is -2.14. The Kier molecular flexibility index (Phi) is 4.93. The highest BCUT2D eigenvalue weighted by Gasteiger charge is 2.11. The number of hydrogen-bond acceptors (Lipinski definition) is 3. The van der Waals surface area contributed by atoms with Gasteiger partial charge in [-0.2, -0.15) is 0 Å². The summed E-state index contributed by atoms with van der Waals surface area (Å²) in [4.78, 5) is 12.1. The van der Waals surface area contributed by atoms with Gasteiger partial charge in [-0.25, -0.2) is 0 Å². The van der Waals surface area contributed by atoms with Crippen LogP contribution in [0.15, 0.2) is 30.3 Å². The van der Waals surface area contributed by atoms with E-state index < -0.39 is 0 Å². The maximum absolute atomic E-state index is 12.1. The molecule has 0 spiro atoms. The number of hydrogen-bond donors (Lipinski definition) is 2. The zero-order valence-corrected chi connectivity index (χ0v) is 13.6. The van der Waals surface area contributed by atoms with Gasteiger partial charge in [-0.3, -0.25) is 4.79 Å². The van der Waals surface area contributed by atoms with E-state index in [1.807, 2.05) is 39.0 Å². The predicted octanol–water partition coefficient (Wildman–Crippen LogP) is 3.86. The molecule has 0 atom stereocenters. The highest BCUT2D eigenvalue weighted by molar-refractivity contribution is 6.34. The first-order valence-electron chi connectivity index (χ1n) is 6.93. The van der Waals surface area contributed by atoms with Gasteiger partial charge >= 0.3 is 0 Å². The van der Waals surface area contributed by atoms with Crippen molar-refractivity contribution in [2.45, 2.75) is 20.8 Å². The first-order valence-corrected chi connectivity index (χ1v) is 7.30. The number of benzene rings is 2. The molecule has 3 N–H and O–H groups in total. The standard InChI is InChI=1S/C17H19ClN2O2/c1-10-5-4-6-11(2)17(10)22-9-15(21)20-16-12(3)7-13(19)8-14(16)18/h4-8H,9,19H2,1-3H3,(H,20,21). The lowest BCUT2D eigenvalue weighted by atomic mass is 10.1. The molecule has 0 fully saturated rings. The van der Waals surface area contributed by atoms with Crippen molar-refractivity contribution in [3.63, 3.8) is 0 Å². The zero-order valence-electron chi connectivity index (χ0n) is 12.9. The van der Waals surface area contributed by atoms with E-state index >= 15 is 0 Å². The number of aryl methyl sites for hydroxylation is 3. The van der Waals surface area contributed by atoms with E-state index in [0.29, 0.717) is 16.4 Å². The van der Waals surface area contributed by atoms with Crippen molar-refractivity contribution >= 4 is 28.9 Å². The van der Waals surface area contributed by atoms with Gasteiger partial charge < -0.3 is 15.8 Å². The highest BCUT2D eigenvalue weighted by atomic mass is 35.5. The summed E-state index contributed by atoms with van der Waals surface area (Å²) < 4.78 is 5.63. The molecule has 0 unspecified atom stereocenters. The van der Waals surface area contributed by atoms with Gasteiger partial charge in [-0.1, -0.05) is 29.8 Å². The molecule has 4 nitrogen and oxygen atoms in total. The van der Waals surface area contributed by atoms with Crippen LogP contribution in [0.5, 0.6) is 5.75 Å². The summed E-state index contributed by atoms with van der Waals surface area (Å²) in [5.74, 6) is 0.468. The van der Waals surface area contributed by atoms with Gasteiger partial charge in [0, 0.05) is 5.69 Å². The van der Waals surface area contributed by atoms with Gasteiger partial charge in [0.05, 0.1) is 10.7 Å². The van der Waals surface area contributed by atoms with Crippen molar-refractivity contribution in [3.8, 4) is 5.75 Å². The minimum Gasteiger partial charge on any atom is -0.483 e. The van der Waals surface area contributed by atoms with Gasteiger partial charge in [0.25, 0.3) is 5.91 Å². The molecule has 0 bridgehead atoms. The molecular formula is C17H19ClN2O2. The van der Waals surface area contributed by atoms with Crippen LogP contribution in [0.1, 0.15) is 16.7 Å². The minimum atomic E-state index is -0.266. The van der Waals surface area contributed by atoms with E-state index in [9.17, 15) is 4.79 Å². The summed E-state index contributed by atoms with van der Waals surface area (Å²) in [5, 5.41) is 3.18. The van der Waals surface area contributed by atoms with E-state index in [4.69, 9.17) is 22.1 Å². The maximum Gasteiger partial charge on any atom is 0.262 e. The number of ether oxygens (including phenoxy) is 1. The number of halogens is 1. The Morgan fingerprint density at radius 1 is 1.18 bits per heavy atom. The van der Waals surface area contributed by atoms with Gasteiger partial charge in [-0.15, -0.1) is 0 Å². The van der Waals surface area contributed by atoms with Gasteiger partial charge in [-0.05, 0) is 49.6 Å². The van der Waals surface area contributed by atoms with Crippen molar-refractivity contribution in [1.29, 1.82) is 0 Å². The van der Waals surface area contributed by atoms with E-state index in [0.717, 1.165) is 22.4 Å².